The van der Waals surface area contributed by atoms with Crippen LogP contribution >= 0.6 is 0 Å². The van der Waals surface area contributed by atoms with Gasteiger partial charge in [-0.2, -0.15) is 0 Å². The Balaban J connectivity index is 0.000000442. The topological polar surface area (TPSA) is 92.3 Å². The maximum absolute atomic E-state index is 11.2. The number of rotatable bonds is 3. The number of esters is 1. The number of carbonyl (C=O) groups excluding carboxylic acids is 2. The Hall–Kier alpha value is -1.06. The molecule has 0 amide bonds. The highest BCUT2D eigenvalue weighted by Crippen LogP contribution is 2.21. The normalized spacial score (nSPS) is 21.8. The Morgan fingerprint density at radius 1 is 0.889 bits per heavy atom. The molecule has 2 aliphatic heterocycles. The molecule has 0 aromatic rings. The first-order valence-corrected chi connectivity index (χ1v) is 9.29. The van der Waals surface area contributed by atoms with Crippen molar-refractivity contribution in [3.63, 3.8) is 0 Å². The minimum atomic E-state index is -0.566. The number of Topliss-reactive ketones (excluding diaryl/α,β-unsaturated/α-hetero) is 1. The highest BCUT2D eigenvalue weighted by atomic mass is 16.7. The van der Waals surface area contributed by atoms with Gasteiger partial charge in [0.15, 0.2) is 11.6 Å². The van der Waals surface area contributed by atoms with E-state index in [1.165, 1.54) is 0 Å². The Labute approximate surface area is 163 Å². The fourth-order valence-electron chi connectivity index (χ4n) is 2.02. The molecule has 8 heteroatoms. The van der Waals surface area contributed by atoms with Crippen LogP contribution in [0.1, 0.15) is 41.5 Å². The highest BCUT2D eigenvalue weighted by molar-refractivity contribution is 5.78. The molecule has 2 aliphatic rings. The molecule has 0 unspecified atom stereocenters. The summed E-state index contributed by atoms with van der Waals surface area (Å²) in [4.78, 5) is 22.1. The molecule has 0 radical (unpaired) electrons. The van der Waals surface area contributed by atoms with Crippen molar-refractivity contribution in [2.75, 3.05) is 47.1 Å². The fourth-order valence-corrected chi connectivity index (χ4v) is 2.02. The summed E-state index contributed by atoms with van der Waals surface area (Å²) in [6.07, 6.45) is 0. The standard InChI is InChI=1S/C9H16O4.C8H14O3.C2H7N/c1-4-11-8(10)7-5-12-9(2,3)13-6-7;1-6(9)7-4-10-8(2,3)11-5-7;1-3-2/h7H,4-6H2,1-3H3;7H,4-5H2,1-3H3;3H,1-2H3. The largest absolute Gasteiger partial charge is 0.466 e. The van der Waals surface area contributed by atoms with Gasteiger partial charge in [-0.1, -0.05) is 0 Å². The average Bonchev–Trinajstić information content (AvgIpc) is 2.56. The molecule has 27 heavy (non-hydrogen) atoms. The molecule has 0 aromatic carbocycles. The zero-order valence-electron chi connectivity index (χ0n) is 18.0. The molecule has 2 rings (SSSR count). The molecule has 1 N–H and O–H groups in total. The maximum Gasteiger partial charge on any atom is 0.313 e. The number of ether oxygens (including phenoxy) is 5. The lowest BCUT2D eigenvalue weighted by Gasteiger charge is -2.33. The Morgan fingerprint density at radius 3 is 1.52 bits per heavy atom. The summed E-state index contributed by atoms with van der Waals surface area (Å²) in [5.41, 5.74) is 0. The van der Waals surface area contributed by atoms with Crippen LogP contribution in [-0.4, -0.2) is 70.5 Å². The minimum absolute atomic E-state index is 0.0666. The summed E-state index contributed by atoms with van der Waals surface area (Å²) in [6, 6.07) is 0. The van der Waals surface area contributed by atoms with Crippen LogP contribution in [0.5, 0.6) is 0 Å². The van der Waals surface area contributed by atoms with E-state index in [4.69, 9.17) is 23.7 Å². The summed E-state index contributed by atoms with van der Waals surface area (Å²) >= 11 is 0. The van der Waals surface area contributed by atoms with Crippen LogP contribution in [0, 0.1) is 11.8 Å². The van der Waals surface area contributed by atoms with Crippen LogP contribution < -0.4 is 5.32 Å². The van der Waals surface area contributed by atoms with Crippen LogP contribution in [0.15, 0.2) is 0 Å². The van der Waals surface area contributed by atoms with Crippen molar-refractivity contribution < 1.29 is 33.3 Å². The van der Waals surface area contributed by atoms with Gasteiger partial charge < -0.3 is 29.0 Å². The molecule has 0 spiro atoms. The van der Waals surface area contributed by atoms with Crippen LogP contribution in [0.3, 0.4) is 0 Å². The first kappa shape index (κ1) is 25.9. The van der Waals surface area contributed by atoms with Crippen LogP contribution in [0.25, 0.3) is 0 Å². The lowest BCUT2D eigenvalue weighted by atomic mass is 10.1. The van der Waals surface area contributed by atoms with E-state index >= 15 is 0 Å². The van der Waals surface area contributed by atoms with E-state index < -0.39 is 11.6 Å². The molecule has 8 nitrogen and oxygen atoms in total. The van der Waals surface area contributed by atoms with Gasteiger partial charge >= 0.3 is 5.97 Å². The molecule has 0 atom stereocenters. The number of hydrogen-bond acceptors (Lipinski definition) is 8. The molecule has 160 valence electrons. The van der Waals surface area contributed by atoms with Crippen molar-refractivity contribution in [3.05, 3.63) is 0 Å². The monoisotopic (exact) mass is 391 g/mol. The summed E-state index contributed by atoms with van der Waals surface area (Å²) in [6.45, 7) is 12.8. The Kier molecular flexibility index (Phi) is 11.9. The second-order valence-electron chi connectivity index (χ2n) is 7.30. The third-order valence-electron chi connectivity index (χ3n) is 3.72. The second kappa shape index (κ2) is 12.4. The SMILES string of the molecule is CC(=O)C1COC(C)(C)OC1.CCOC(=O)C1COC(C)(C)OC1.CNC. The van der Waals surface area contributed by atoms with E-state index in [-0.39, 0.29) is 23.6 Å². The third kappa shape index (κ3) is 11.4. The smallest absolute Gasteiger partial charge is 0.313 e. The van der Waals surface area contributed by atoms with Gasteiger partial charge in [-0.05, 0) is 55.6 Å². The lowest BCUT2D eigenvalue weighted by Crippen LogP contribution is -2.42. The van der Waals surface area contributed by atoms with Gasteiger partial charge in [0, 0.05) is 0 Å². The summed E-state index contributed by atoms with van der Waals surface area (Å²) in [5, 5.41) is 2.75. The van der Waals surface area contributed by atoms with E-state index in [9.17, 15) is 9.59 Å². The van der Waals surface area contributed by atoms with Gasteiger partial charge in [-0.3, -0.25) is 9.59 Å². The predicted molar refractivity (Wildman–Crippen MR) is 101 cm³/mol. The fraction of sp³-hybridized carbons (Fsp3) is 0.895. The highest BCUT2D eigenvalue weighted by Gasteiger charge is 2.33. The maximum atomic E-state index is 11.2. The summed E-state index contributed by atoms with van der Waals surface area (Å²) in [5.74, 6) is -1.51. The molecular formula is C19H37NO7. The zero-order valence-corrected chi connectivity index (χ0v) is 18.0. The number of nitrogens with one attached hydrogen (secondary N) is 1. The van der Waals surface area contributed by atoms with E-state index in [1.807, 2.05) is 41.8 Å². The molecule has 2 heterocycles. The van der Waals surface area contributed by atoms with Crippen LogP contribution in [0.4, 0.5) is 0 Å². The van der Waals surface area contributed by atoms with E-state index in [2.05, 4.69) is 5.32 Å². The van der Waals surface area contributed by atoms with Gasteiger partial charge in [-0.25, -0.2) is 0 Å². The van der Waals surface area contributed by atoms with E-state index in [0.29, 0.717) is 33.0 Å². The van der Waals surface area contributed by atoms with Crippen molar-refractivity contribution in [3.8, 4) is 0 Å². The van der Waals surface area contributed by atoms with Crippen molar-refractivity contribution in [2.24, 2.45) is 11.8 Å². The summed E-state index contributed by atoms with van der Waals surface area (Å²) in [7, 11) is 3.75. The quantitative estimate of drug-likeness (QED) is 0.728. The Morgan fingerprint density at radius 2 is 1.22 bits per heavy atom. The number of ketones is 1. The van der Waals surface area contributed by atoms with Gasteiger partial charge in [0.1, 0.15) is 11.7 Å². The zero-order chi connectivity index (χ0) is 21.1. The van der Waals surface area contributed by atoms with E-state index in [1.54, 1.807) is 13.8 Å². The minimum Gasteiger partial charge on any atom is -0.466 e. The first-order valence-electron chi connectivity index (χ1n) is 9.29. The molecule has 2 fully saturated rings. The molecule has 0 bridgehead atoms. The molecule has 2 saturated heterocycles. The van der Waals surface area contributed by atoms with Crippen molar-refractivity contribution >= 4 is 11.8 Å². The molecule has 0 aromatic heterocycles. The van der Waals surface area contributed by atoms with Crippen molar-refractivity contribution in [2.45, 2.75) is 53.1 Å². The van der Waals surface area contributed by atoms with Gasteiger partial charge in [0.25, 0.3) is 0 Å². The van der Waals surface area contributed by atoms with Gasteiger partial charge in [0.05, 0.1) is 39.0 Å². The average molecular weight is 392 g/mol. The summed E-state index contributed by atoms with van der Waals surface area (Å²) < 4.78 is 26.1. The lowest BCUT2D eigenvalue weighted by molar-refractivity contribution is -0.262. The molecule has 0 saturated carbocycles. The van der Waals surface area contributed by atoms with E-state index in [0.717, 1.165) is 0 Å². The van der Waals surface area contributed by atoms with Crippen molar-refractivity contribution in [1.29, 1.82) is 0 Å². The van der Waals surface area contributed by atoms with Crippen LogP contribution in [-0.2, 0) is 33.3 Å². The van der Waals surface area contributed by atoms with Gasteiger partial charge in [-0.15, -0.1) is 0 Å². The van der Waals surface area contributed by atoms with Crippen molar-refractivity contribution in [1.82, 2.24) is 5.32 Å². The second-order valence-corrected chi connectivity index (χ2v) is 7.30. The first-order chi connectivity index (χ1) is 12.5. The third-order valence-corrected chi connectivity index (χ3v) is 3.72. The number of hydrogen-bond donors (Lipinski definition) is 1. The molecular weight excluding hydrogens is 354 g/mol. The van der Waals surface area contributed by atoms with Crippen LogP contribution in [0.2, 0.25) is 0 Å². The molecule has 0 aliphatic carbocycles. The number of carbonyl (C=O) groups is 2. The van der Waals surface area contributed by atoms with Gasteiger partial charge in [0.2, 0.25) is 0 Å². The Bertz CT molecular complexity index is 431. The predicted octanol–water partition coefficient (Wildman–Crippen LogP) is 1.76.